The molecule has 0 fully saturated rings. The van der Waals surface area contributed by atoms with Crippen molar-refractivity contribution in [1.29, 1.82) is 0 Å². The number of aromatic nitrogens is 2. The summed E-state index contributed by atoms with van der Waals surface area (Å²) in [7, 11) is -3.67. The van der Waals surface area contributed by atoms with Crippen LogP contribution in [-0.4, -0.2) is 25.2 Å². The van der Waals surface area contributed by atoms with Gasteiger partial charge in [0.2, 0.25) is 0 Å². The summed E-state index contributed by atoms with van der Waals surface area (Å²) in [6.45, 7) is 5.27. The average molecular weight is 306 g/mol. The maximum atomic E-state index is 12.4. The molecule has 0 unspecified atom stereocenters. The lowest BCUT2D eigenvalue weighted by molar-refractivity contribution is 0.600. The van der Waals surface area contributed by atoms with Crippen LogP contribution in [0.5, 0.6) is 0 Å². The van der Waals surface area contributed by atoms with Crippen LogP contribution < -0.4 is 10.0 Å². The second-order valence-electron chi connectivity index (χ2n) is 4.53. The number of rotatable bonds is 6. The van der Waals surface area contributed by atoms with E-state index in [4.69, 9.17) is 0 Å². The normalized spacial score (nSPS) is 11.3. The van der Waals surface area contributed by atoms with Crippen LogP contribution in [0.15, 0.2) is 41.4 Å². The predicted octanol–water partition coefficient (Wildman–Crippen LogP) is 1.70. The number of nitrogens with zero attached hydrogens (tertiary/aromatic N) is 2. The first-order valence-electron chi connectivity index (χ1n) is 6.64. The molecule has 0 spiro atoms. The van der Waals surface area contributed by atoms with Crippen LogP contribution in [0.3, 0.4) is 0 Å². The maximum Gasteiger partial charge on any atom is 0.263 e. The van der Waals surface area contributed by atoms with Crippen molar-refractivity contribution in [3.05, 3.63) is 47.7 Å². The summed E-state index contributed by atoms with van der Waals surface area (Å²) in [6.07, 6.45) is 1.49. The van der Waals surface area contributed by atoms with Gasteiger partial charge in [0.15, 0.2) is 5.82 Å². The van der Waals surface area contributed by atoms with Crippen molar-refractivity contribution in [3.8, 4) is 0 Å². The standard InChI is InChI=1S/C14H18N4O2S/c1-3-15-10-12-6-4-7-13(11(12)2)21(19,20)18-14-8-5-9-16-17-14/h4-9,15H,3,10H2,1-2H3,(H,17,18). The fraction of sp³-hybridized carbons (Fsp3) is 0.286. The van der Waals surface area contributed by atoms with Gasteiger partial charge >= 0.3 is 0 Å². The van der Waals surface area contributed by atoms with Crippen molar-refractivity contribution in [1.82, 2.24) is 15.5 Å². The minimum atomic E-state index is -3.67. The molecule has 0 bridgehead atoms. The molecule has 7 heteroatoms. The van der Waals surface area contributed by atoms with E-state index in [1.807, 2.05) is 13.0 Å². The number of sulfonamides is 1. The molecule has 0 aliphatic heterocycles. The van der Waals surface area contributed by atoms with Gasteiger partial charge in [-0.3, -0.25) is 4.72 Å². The molecule has 0 amide bonds. The van der Waals surface area contributed by atoms with Crippen LogP contribution in [0.1, 0.15) is 18.1 Å². The summed E-state index contributed by atoms with van der Waals surface area (Å²) in [5.41, 5.74) is 1.69. The zero-order chi connectivity index (χ0) is 15.3. The minimum absolute atomic E-state index is 0.203. The van der Waals surface area contributed by atoms with Crippen molar-refractivity contribution in [2.45, 2.75) is 25.3 Å². The first-order chi connectivity index (χ1) is 10.0. The first kappa shape index (κ1) is 15.4. The second kappa shape index (κ2) is 6.64. The van der Waals surface area contributed by atoms with E-state index in [1.54, 1.807) is 31.2 Å². The van der Waals surface area contributed by atoms with E-state index < -0.39 is 10.0 Å². The van der Waals surface area contributed by atoms with Gasteiger partial charge in [0.25, 0.3) is 10.0 Å². The Morgan fingerprint density at radius 1 is 1.19 bits per heavy atom. The monoisotopic (exact) mass is 306 g/mol. The summed E-state index contributed by atoms with van der Waals surface area (Å²) in [5, 5.41) is 10.6. The zero-order valence-electron chi connectivity index (χ0n) is 12.0. The van der Waals surface area contributed by atoms with Gasteiger partial charge in [0.1, 0.15) is 0 Å². The number of anilines is 1. The number of hydrogen-bond acceptors (Lipinski definition) is 5. The van der Waals surface area contributed by atoms with Gasteiger partial charge in [-0.05, 0) is 42.8 Å². The molecule has 112 valence electrons. The van der Waals surface area contributed by atoms with E-state index in [0.29, 0.717) is 6.54 Å². The largest absolute Gasteiger partial charge is 0.313 e. The molecular weight excluding hydrogens is 288 g/mol. The summed E-state index contributed by atoms with van der Waals surface area (Å²) in [6, 6.07) is 8.43. The Kier molecular flexibility index (Phi) is 4.87. The molecule has 0 aliphatic rings. The average Bonchev–Trinajstić information content (AvgIpc) is 2.46. The smallest absolute Gasteiger partial charge is 0.263 e. The number of benzene rings is 1. The maximum absolute atomic E-state index is 12.4. The Morgan fingerprint density at radius 3 is 2.67 bits per heavy atom. The number of nitrogens with one attached hydrogen (secondary N) is 2. The molecule has 2 N–H and O–H groups in total. The topological polar surface area (TPSA) is 84.0 Å². The van der Waals surface area contributed by atoms with Gasteiger partial charge in [0.05, 0.1) is 4.90 Å². The fourth-order valence-electron chi connectivity index (χ4n) is 1.95. The minimum Gasteiger partial charge on any atom is -0.313 e. The van der Waals surface area contributed by atoms with Crippen molar-refractivity contribution in [2.24, 2.45) is 0 Å². The van der Waals surface area contributed by atoms with Crippen LogP contribution in [0.4, 0.5) is 5.82 Å². The van der Waals surface area contributed by atoms with E-state index in [1.165, 1.54) is 6.20 Å². The number of hydrogen-bond donors (Lipinski definition) is 2. The molecule has 2 aromatic rings. The van der Waals surface area contributed by atoms with Crippen LogP contribution in [0, 0.1) is 6.92 Å². The Labute approximate surface area is 124 Å². The predicted molar refractivity (Wildman–Crippen MR) is 81.4 cm³/mol. The highest BCUT2D eigenvalue weighted by atomic mass is 32.2. The van der Waals surface area contributed by atoms with Gasteiger partial charge in [-0.25, -0.2) is 8.42 Å². The van der Waals surface area contributed by atoms with Crippen molar-refractivity contribution >= 4 is 15.8 Å². The molecule has 0 atom stereocenters. The summed E-state index contributed by atoms with van der Waals surface area (Å²) >= 11 is 0. The SMILES string of the molecule is CCNCc1cccc(S(=O)(=O)Nc2cccnn2)c1C. The Bertz CT molecular complexity index is 702. The molecular formula is C14H18N4O2S. The lowest BCUT2D eigenvalue weighted by Crippen LogP contribution is -2.18. The Morgan fingerprint density at radius 2 is 2.00 bits per heavy atom. The van der Waals surface area contributed by atoms with E-state index in [0.717, 1.165) is 17.7 Å². The van der Waals surface area contributed by atoms with Crippen molar-refractivity contribution in [2.75, 3.05) is 11.3 Å². The molecule has 1 aromatic carbocycles. The molecule has 21 heavy (non-hydrogen) atoms. The Balaban J connectivity index is 2.32. The third-order valence-electron chi connectivity index (χ3n) is 3.06. The summed E-state index contributed by atoms with van der Waals surface area (Å²) < 4.78 is 27.3. The second-order valence-corrected chi connectivity index (χ2v) is 6.19. The van der Waals surface area contributed by atoms with E-state index in [2.05, 4.69) is 20.2 Å². The van der Waals surface area contributed by atoms with Crippen LogP contribution in [0.25, 0.3) is 0 Å². The van der Waals surface area contributed by atoms with Crippen LogP contribution in [0.2, 0.25) is 0 Å². The highest BCUT2D eigenvalue weighted by Crippen LogP contribution is 2.21. The lowest BCUT2D eigenvalue weighted by atomic mass is 10.1. The summed E-state index contributed by atoms with van der Waals surface area (Å²) in [5.74, 6) is 0.203. The molecule has 0 aliphatic carbocycles. The van der Waals surface area contributed by atoms with Gasteiger partial charge in [-0.2, -0.15) is 5.10 Å². The van der Waals surface area contributed by atoms with Gasteiger partial charge in [-0.15, -0.1) is 5.10 Å². The molecule has 6 nitrogen and oxygen atoms in total. The Hall–Kier alpha value is -1.99. The molecule has 0 radical (unpaired) electrons. The third kappa shape index (κ3) is 3.77. The van der Waals surface area contributed by atoms with E-state index in [9.17, 15) is 8.42 Å². The highest BCUT2D eigenvalue weighted by molar-refractivity contribution is 7.92. The zero-order valence-corrected chi connectivity index (χ0v) is 12.8. The van der Waals surface area contributed by atoms with Gasteiger partial charge in [0, 0.05) is 12.7 Å². The van der Waals surface area contributed by atoms with Gasteiger partial charge in [-0.1, -0.05) is 19.1 Å². The van der Waals surface area contributed by atoms with Crippen LogP contribution >= 0.6 is 0 Å². The van der Waals surface area contributed by atoms with Crippen LogP contribution in [-0.2, 0) is 16.6 Å². The fourth-order valence-corrected chi connectivity index (χ4v) is 3.24. The summed E-state index contributed by atoms with van der Waals surface area (Å²) in [4.78, 5) is 0.253. The van der Waals surface area contributed by atoms with Crippen molar-refractivity contribution in [3.63, 3.8) is 0 Å². The quantitative estimate of drug-likeness (QED) is 0.848. The van der Waals surface area contributed by atoms with E-state index >= 15 is 0 Å². The molecule has 1 aromatic heterocycles. The van der Waals surface area contributed by atoms with E-state index in [-0.39, 0.29) is 10.7 Å². The highest BCUT2D eigenvalue weighted by Gasteiger charge is 2.18. The molecule has 0 saturated carbocycles. The molecule has 0 saturated heterocycles. The molecule has 1 heterocycles. The molecule has 2 rings (SSSR count). The van der Waals surface area contributed by atoms with Crippen molar-refractivity contribution < 1.29 is 8.42 Å². The van der Waals surface area contributed by atoms with Gasteiger partial charge < -0.3 is 5.32 Å². The third-order valence-corrected chi connectivity index (χ3v) is 4.56. The lowest BCUT2D eigenvalue weighted by Gasteiger charge is -2.13. The first-order valence-corrected chi connectivity index (χ1v) is 8.12.